The molecule has 1 N–H and O–H groups in total. The van der Waals surface area contributed by atoms with Crippen molar-refractivity contribution in [1.82, 2.24) is 24.9 Å². The van der Waals surface area contributed by atoms with Crippen molar-refractivity contribution in [3.8, 4) is 5.69 Å². The number of likely N-dealkylation sites (N-methyl/N-ethyl adjacent to an activating group) is 1. The van der Waals surface area contributed by atoms with Crippen LogP contribution in [0.2, 0.25) is 0 Å². The zero-order valence-corrected chi connectivity index (χ0v) is 17.2. The van der Waals surface area contributed by atoms with Crippen molar-refractivity contribution in [2.75, 3.05) is 39.3 Å². The number of carbonyl (C=O) groups excluding carboxylic acids is 1. The van der Waals surface area contributed by atoms with E-state index in [-0.39, 0.29) is 17.3 Å². The third-order valence-corrected chi connectivity index (χ3v) is 5.56. The molecule has 1 amide bonds. The quantitative estimate of drug-likeness (QED) is 0.827. The van der Waals surface area contributed by atoms with Crippen molar-refractivity contribution in [2.24, 2.45) is 0 Å². The summed E-state index contributed by atoms with van der Waals surface area (Å²) in [5.41, 5.74) is 1.21. The van der Waals surface area contributed by atoms with Crippen LogP contribution in [0.4, 0.5) is 4.39 Å². The molecule has 0 spiro atoms. The maximum Gasteiger partial charge on any atom is 0.271 e. The molecule has 2 aromatic rings. The van der Waals surface area contributed by atoms with Gasteiger partial charge in [-0.3, -0.25) is 9.69 Å². The number of carbonyl (C=O) groups is 1. The van der Waals surface area contributed by atoms with Crippen LogP contribution in [0.5, 0.6) is 0 Å². The number of halogens is 1. The summed E-state index contributed by atoms with van der Waals surface area (Å²) in [6.45, 7) is 14.0. The van der Waals surface area contributed by atoms with Gasteiger partial charge in [-0.1, -0.05) is 19.1 Å². The second-order valence-corrected chi connectivity index (χ2v) is 7.95. The molecule has 1 fully saturated rings. The van der Waals surface area contributed by atoms with E-state index in [0.717, 1.165) is 32.7 Å². The lowest BCUT2D eigenvalue weighted by Gasteiger charge is -2.44. The van der Waals surface area contributed by atoms with Crippen LogP contribution in [-0.4, -0.2) is 70.3 Å². The van der Waals surface area contributed by atoms with Crippen LogP contribution in [0.1, 0.15) is 37.0 Å². The second-order valence-electron chi connectivity index (χ2n) is 7.95. The Hall–Kier alpha value is -2.25. The molecule has 0 aliphatic carbocycles. The largest absolute Gasteiger partial charge is 0.349 e. The van der Waals surface area contributed by atoms with Crippen LogP contribution in [0, 0.1) is 12.7 Å². The molecule has 1 aromatic heterocycles. The molecule has 2 heterocycles. The Labute approximate surface area is 166 Å². The average Bonchev–Trinajstić information content (AvgIpc) is 3.08. The van der Waals surface area contributed by atoms with Crippen molar-refractivity contribution in [1.29, 1.82) is 0 Å². The highest BCUT2D eigenvalue weighted by atomic mass is 19.1. The molecular weight excluding hydrogens is 357 g/mol. The summed E-state index contributed by atoms with van der Waals surface area (Å²) in [5.74, 6) is -0.605. The van der Waals surface area contributed by atoms with Gasteiger partial charge in [-0.05, 0) is 45.5 Å². The number of nitrogens with zero attached hydrogens (tertiary/aromatic N) is 4. The van der Waals surface area contributed by atoms with Gasteiger partial charge in [0.2, 0.25) is 0 Å². The fraction of sp³-hybridized carbons (Fsp3) is 0.524. The molecule has 1 saturated heterocycles. The van der Waals surface area contributed by atoms with Crippen molar-refractivity contribution >= 4 is 5.91 Å². The number of rotatable bonds is 6. The van der Waals surface area contributed by atoms with E-state index >= 15 is 0 Å². The summed E-state index contributed by atoms with van der Waals surface area (Å²) in [7, 11) is 0. The molecule has 152 valence electrons. The van der Waals surface area contributed by atoms with Crippen molar-refractivity contribution in [2.45, 2.75) is 33.2 Å². The van der Waals surface area contributed by atoms with E-state index in [0.29, 0.717) is 23.6 Å². The molecule has 0 unspecified atom stereocenters. The Bertz CT molecular complexity index is 824. The van der Waals surface area contributed by atoms with Gasteiger partial charge in [0.15, 0.2) is 5.69 Å². The average molecular weight is 388 g/mol. The van der Waals surface area contributed by atoms with Gasteiger partial charge < -0.3 is 10.2 Å². The van der Waals surface area contributed by atoms with E-state index in [4.69, 9.17) is 0 Å². The number of amides is 1. The third-order valence-electron chi connectivity index (χ3n) is 5.56. The highest BCUT2D eigenvalue weighted by Crippen LogP contribution is 2.18. The first-order valence-electron chi connectivity index (χ1n) is 9.89. The number of nitrogens with one attached hydrogen (secondary N) is 1. The minimum absolute atomic E-state index is 0.140. The first-order chi connectivity index (χ1) is 13.3. The van der Waals surface area contributed by atoms with Crippen molar-refractivity contribution in [3.05, 3.63) is 47.5 Å². The highest BCUT2D eigenvalue weighted by Gasteiger charge is 2.30. The van der Waals surface area contributed by atoms with Gasteiger partial charge in [0.1, 0.15) is 11.5 Å². The lowest BCUT2D eigenvalue weighted by molar-refractivity contribution is 0.0520. The van der Waals surface area contributed by atoms with E-state index in [1.54, 1.807) is 24.3 Å². The fourth-order valence-electron chi connectivity index (χ4n) is 3.62. The number of para-hydroxylation sites is 1. The van der Waals surface area contributed by atoms with Gasteiger partial charge in [-0.15, -0.1) is 0 Å². The maximum atomic E-state index is 14.1. The molecule has 1 aliphatic heterocycles. The zero-order valence-electron chi connectivity index (χ0n) is 17.2. The number of aryl methyl sites for hydroxylation is 1. The SMILES string of the molecule is CCN1CCN(C(C)(C)CNC(=O)c2cc(C)n(-c3ccccc3F)n2)CC1. The van der Waals surface area contributed by atoms with Crippen LogP contribution >= 0.6 is 0 Å². The second kappa shape index (κ2) is 8.41. The Morgan fingerprint density at radius 2 is 1.89 bits per heavy atom. The van der Waals surface area contributed by atoms with Crippen molar-refractivity contribution < 1.29 is 9.18 Å². The molecule has 28 heavy (non-hydrogen) atoms. The van der Waals surface area contributed by atoms with Crippen LogP contribution in [-0.2, 0) is 0 Å². The van der Waals surface area contributed by atoms with Crippen molar-refractivity contribution in [3.63, 3.8) is 0 Å². The van der Waals surface area contributed by atoms with E-state index in [2.05, 4.69) is 41.0 Å². The predicted octanol–water partition coefficient (Wildman–Crippen LogP) is 2.47. The van der Waals surface area contributed by atoms with Gasteiger partial charge >= 0.3 is 0 Å². The normalized spacial score (nSPS) is 16.3. The molecule has 0 atom stereocenters. The molecule has 0 bridgehead atoms. The first-order valence-corrected chi connectivity index (χ1v) is 9.89. The smallest absolute Gasteiger partial charge is 0.271 e. The monoisotopic (exact) mass is 387 g/mol. The third kappa shape index (κ3) is 4.42. The number of piperazine rings is 1. The molecule has 3 rings (SSSR count). The van der Waals surface area contributed by atoms with Gasteiger partial charge in [0, 0.05) is 44.0 Å². The van der Waals surface area contributed by atoms with Gasteiger partial charge in [0.05, 0.1) is 0 Å². The van der Waals surface area contributed by atoms with E-state index in [1.807, 2.05) is 6.92 Å². The molecule has 0 radical (unpaired) electrons. The lowest BCUT2D eigenvalue weighted by atomic mass is 10.0. The molecule has 6 nitrogen and oxygen atoms in total. The van der Waals surface area contributed by atoms with E-state index < -0.39 is 0 Å². The molecular formula is C21H30FN5O. The molecule has 1 aromatic carbocycles. The number of hydrogen-bond acceptors (Lipinski definition) is 4. The zero-order chi connectivity index (χ0) is 20.3. The number of aromatic nitrogens is 2. The van der Waals surface area contributed by atoms with Crippen LogP contribution < -0.4 is 5.32 Å². The minimum Gasteiger partial charge on any atom is -0.349 e. The first kappa shape index (κ1) is 20.5. The summed E-state index contributed by atoms with van der Waals surface area (Å²) in [5, 5.41) is 7.32. The highest BCUT2D eigenvalue weighted by molar-refractivity contribution is 5.92. The summed E-state index contributed by atoms with van der Waals surface area (Å²) < 4.78 is 15.5. The van der Waals surface area contributed by atoms with E-state index in [9.17, 15) is 9.18 Å². The van der Waals surface area contributed by atoms with E-state index in [1.165, 1.54) is 10.7 Å². The van der Waals surface area contributed by atoms with Crippen LogP contribution in [0.3, 0.4) is 0 Å². The number of hydrogen-bond donors (Lipinski definition) is 1. The van der Waals surface area contributed by atoms with Gasteiger partial charge in [0.25, 0.3) is 5.91 Å². The van der Waals surface area contributed by atoms with Gasteiger partial charge in [-0.2, -0.15) is 5.10 Å². The summed E-state index contributed by atoms with van der Waals surface area (Å²) in [6, 6.07) is 8.11. The summed E-state index contributed by atoms with van der Waals surface area (Å²) in [4.78, 5) is 17.5. The minimum atomic E-state index is -0.368. The Balaban J connectivity index is 1.64. The summed E-state index contributed by atoms with van der Waals surface area (Å²) in [6.07, 6.45) is 0. The van der Waals surface area contributed by atoms with Gasteiger partial charge in [-0.25, -0.2) is 9.07 Å². The standard InChI is InChI=1S/C21H30FN5O/c1-5-25-10-12-26(13-11-25)21(3,4)15-23-20(28)18-14-16(2)27(24-18)19-9-7-6-8-17(19)22/h6-9,14H,5,10-13,15H2,1-4H3,(H,23,28). The molecule has 7 heteroatoms. The molecule has 0 saturated carbocycles. The topological polar surface area (TPSA) is 53.4 Å². The lowest BCUT2D eigenvalue weighted by Crippen LogP contribution is -2.58. The van der Waals surface area contributed by atoms with Crippen LogP contribution in [0.15, 0.2) is 30.3 Å². The number of benzene rings is 1. The fourth-order valence-corrected chi connectivity index (χ4v) is 3.62. The molecule has 1 aliphatic rings. The Kier molecular flexibility index (Phi) is 6.15. The predicted molar refractivity (Wildman–Crippen MR) is 108 cm³/mol. The Morgan fingerprint density at radius 3 is 2.54 bits per heavy atom. The van der Waals surface area contributed by atoms with Crippen LogP contribution in [0.25, 0.3) is 5.69 Å². The maximum absolute atomic E-state index is 14.1. The Morgan fingerprint density at radius 1 is 1.21 bits per heavy atom. The summed E-state index contributed by atoms with van der Waals surface area (Å²) >= 11 is 0.